The molecule has 15 rings (SSSR count). The molecule has 4 saturated carbocycles. The van der Waals surface area contributed by atoms with Gasteiger partial charge in [0.1, 0.15) is 0 Å². The lowest BCUT2D eigenvalue weighted by molar-refractivity contribution is -0.0397. The van der Waals surface area contributed by atoms with E-state index in [9.17, 15) is 0 Å². The van der Waals surface area contributed by atoms with Gasteiger partial charge >= 0.3 is 0 Å². The summed E-state index contributed by atoms with van der Waals surface area (Å²) in [6, 6.07) is 73.4. The Kier molecular flexibility index (Phi) is 7.32. The van der Waals surface area contributed by atoms with Gasteiger partial charge in [0.15, 0.2) is 0 Å². The molecule has 10 aromatic carbocycles. The molecule has 0 unspecified atom stereocenters. The summed E-state index contributed by atoms with van der Waals surface area (Å²) in [5.41, 5.74) is 13.4. The number of para-hydroxylation sites is 2. The van der Waals surface area contributed by atoms with E-state index in [1.54, 1.807) is 11.1 Å². The molecular formula is C60H46N2. The Morgan fingerprint density at radius 3 is 1.56 bits per heavy atom. The third-order valence-corrected chi connectivity index (χ3v) is 15.9. The molecule has 4 fully saturated rings. The zero-order chi connectivity index (χ0) is 40.5. The second-order valence-corrected chi connectivity index (χ2v) is 18.9. The Hall–Kier alpha value is -6.90. The minimum absolute atomic E-state index is 0.0331. The lowest BCUT2D eigenvalue weighted by atomic mass is 9.43. The van der Waals surface area contributed by atoms with Crippen LogP contribution in [0, 0.1) is 23.7 Å². The fourth-order valence-electron chi connectivity index (χ4n) is 13.8. The van der Waals surface area contributed by atoms with Gasteiger partial charge in [0.25, 0.3) is 0 Å². The zero-order valence-corrected chi connectivity index (χ0v) is 34.7. The highest BCUT2D eigenvalue weighted by Crippen LogP contribution is 2.71. The number of hydrogen-bond acceptors (Lipinski definition) is 2. The van der Waals surface area contributed by atoms with Crippen LogP contribution >= 0.6 is 0 Å². The Morgan fingerprint density at radius 1 is 0.355 bits per heavy atom. The van der Waals surface area contributed by atoms with Crippen molar-refractivity contribution in [1.29, 1.82) is 0 Å². The van der Waals surface area contributed by atoms with E-state index < -0.39 is 0 Å². The van der Waals surface area contributed by atoms with Crippen molar-refractivity contribution in [2.24, 2.45) is 23.7 Å². The molecule has 2 nitrogen and oxygen atoms in total. The summed E-state index contributed by atoms with van der Waals surface area (Å²) in [5.74, 6) is 3.13. The van der Waals surface area contributed by atoms with Gasteiger partial charge in [-0.15, -0.1) is 0 Å². The van der Waals surface area contributed by atoms with Crippen LogP contribution < -0.4 is 9.80 Å². The fourth-order valence-corrected chi connectivity index (χ4v) is 13.8. The molecule has 0 heterocycles. The average Bonchev–Trinajstić information content (AvgIpc) is 3.62. The van der Waals surface area contributed by atoms with Crippen LogP contribution in [0.25, 0.3) is 54.2 Å². The number of rotatable bonds is 6. The van der Waals surface area contributed by atoms with Crippen LogP contribution in [0.5, 0.6) is 0 Å². The molecule has 296 valence electrons. The zero-order valence-electron chi connectivity index (χ0n) is 34.7. The number of nitrogens with zero attached hydrogens (tertiary/aromatic N) is 2. The lowest BCUT2D eigenvalue weighted by Gasteiger charge is -2.61. The molecule has 5 aliphatic carbocycles. The fraction of sp³-hybridized carbons (Fsp3) is 0.167. The molecule has 0 aliphatic heterocycles. The maximum Gasteiger partial charge on any atom is 0.0540 e. The van der Waals surface area contributed by atoms with Crippen molar-refractivity contribution >= 4 is 77.2 Å². The summed E-state index contributed by atoms with van der Waals surface area (Å²) >= 11 is 0. The van der Waals surface area contributed by atoms with Gasteiger partial charge < -0.3 is 9.80 Å². The van der Waals surface area contributed by atoms with E-state index in [2.05, 4.69) is 204 Å². The first kappa shape index (κ1) is 34.8. The Labute approximate surface area is 363 Å². The highest BCUT2D eigenvalue weighted by molar-refractivity contribution is 6.28. The molecule has 62 heavy (non-hydrogen) atoms. The predicted molar refractivity (Wildman–Crippen MR) is 260 cm³/mol. The van der Waals surface area contributed by atoms with Crippen molar-refractivity contribution in [3.63, 3.8) is 0 Å². The Morgan fingerprint density at radius 2 is 0.887 bits per heavy atom. The number of benzene rings is 10. The summed E-state index contributed by atoms with van der Waals surface area (Å²) in [6.45, 7) is 0. The third-order valence-electron chi connectivity index (χ3n) is 15.9. The van der Waals surface area contributed by atoms with Crippen molar-refractivity contribution in [3.8, 4) is 11.1 Å². The van der Waals surface area contributed by atoms with E-state index in [0.29, 0.717) is 11.8 Å². The molecule has 5 aliphatic rings. The van der Waals surface area contributed by atoms with Gasteiger partial charge in [0.05, 0.1) is 17.1 Å². The van der Waals surface area contributed by atoms with Crippen molar-refractivity contribution < 1.29 is 0 Å². The molecule has 1 spiro atoms. The Bertz CT molecular complexity index is 3360. The topological polar surface area (TPSA) is 6.48 Å². The van der Waals surface area contributed by atoms with Crippen molar-refractivity contribution in [2.75, 3.05) is 9.80 Å². The lowest BCUT2D eigenvalue weighted by Crippen LogP contribution is -2.55. The SMILES string of the molecule is c1ccc(N(c2ccc3ccccc3c2)c2ccc3ccc4c(N(c5ccccc5)c5cccc6c5C5(c7ccccc7-6)C6CC7CC(C6)CC5C7)ccc5ccc2c3c54)cc1. The second-order valence-electron chi connectivity index (χ2n) is 18.9. The molecule has 4 bridgehead atoms. The number of fused-ring (bicyclic) bond motifs is 4. The first-order chi connectivity index (χ1) is 30.7. The van der Waals surface area contributed by atoms with E-state index >= 15 is 0 Å². The molecule has 0 amide bonds. The maximum atomic E-state index is 2.65. The molecule has 0 radical (unpaired) electrons. The van der Waals surface area contributed by atoms with Crippen LogP contribution in [0.3, 0.4) is 0 Å². The molecule has 0 saturated heterocycles. The summed E-state index contributed by atoms with van der Waals surface area (Å²) < 4.78 is 0. The van der Waals surface area contributed by atoms with Crippen LogP contribution in [0.1, 0.15) is 43.2 Å². The molecule has 2 heteroatoms. The van der Waals surface area contributed by atoms with Crippen LogP contribution in [0.15, 0.2) is 194 Å². The van der Waals surface area contributed by atoms with Crippen LogP contribution in [0.2, 0.25) is 0 Å². The molecule has 0 N–H and O–H groups in total. The quantitative estimate of drug-likeness (QED) is 0.155. The normalized spacial score (nSPS) is 21.9. The van der Waals surface area contributed by atoms with E-state index in [-0.39, 0.29) is 5.41 Å². The molecule has 0 atom stereocenters. The van der Waals surface area contributed by atoms with Gasteiger partial charge in [-0.05, 0) is 165 Å². The maximum absolute atomic E-state index is 2.65. The van der Waals surface area contributed by atoms with Gasteiger partial charge in [0, 0.05) is 33.2 Å². The second kappa shape index (κ2) is 13.1. The largest absolute Gasteiger partial charge is 0.310 e. The minimum Gasteiger partial charge on any atom is -0.310 e. The van der Waals surface area contributed by atoms with Gasteiger partial charge in [-0.25, -0.2) is 0 Å². The standard InChI is InChI=1S/C60H46N2/c1-3-14-46(15-4-1)61(48-27-22-40-12-7-8-13-43(40)37-48)54-30-25-41-24-29-52-55(31-26-42-23-28-51(54)57(41)58(42)52)62(47-16-5-2-6-17-47)56-21-11-19-50-49-18-9-10-20-53(49)60(59(50)56)44-33-38-32-39(35-44)36-45(60)34-38/h1-31,37-39,44-45H,32-36H2. The average molecular weight is 795 g/mol. The first-order valence-corrected chi connectivity index (χ1v) is 22.9. The number of anilines is 6. The summed E-state index contributed by atoms with van der Waals surface area (Å²) in [6.07, 6.45) is 6.90. The Balaban J connectivity index is 1.02. The molecule has 10 aromatic rings. The van der Waals surface area contributed by atoms with Gasteiger partial charge in [-0.3, -0.25) is 0 Å². The minimum atomic E-state index is 0.0331. The van der Waals surface area contributed by atoms with Crippen molar-refractivity contribution in [2.45, 2.75) is 37.5 Å². The smallest absolute Gasteiger partial charge is 0.0540 e. The van der Waals surface area contributed by atoms with Gasteiger partial charge in [-0.2, -0.15) is 0 Å². The highest BCUT2D eigenvalue weighted by Gasteiger charge is 2.62. The van der Waals surface area contributed by atoms with Gasteiger partial charge in [-0.1, -0.05) is 140 Å². The van der Waals surface area contributed by atoms with E-state index in [1.807, 2.05) is 0 Å². The van der Waals surface area contributed by atoms with E-state index in [1.165, 1.54) is 109 Å². The first-order valence-electron chi connectivity index (χ1n) is 22.9. The van der Waals surface area contributed by atoms with E-state index in [4.69, 9.17) is 0 Å². The van der Waals surface area contributed by atoms with Crippen LogP contribution in [0.4, 0.5) is 34.1 Å². The van der Waals surface area contributed by atoms with Gasteiger partial charge in [0.2, 0.25) is 0 Å². The third kappa shape index (κ3) is 4.76. The van der Waals surface area contributed by atoms with Crippen LogP contribution in [-0.4, -0.2) is 0 Å². The monoisotopic (exact) mass is 794 g/mol. The van der Waals surface area contributed by atoms with Crippen molar-refractivity contribution in [3.05, 3.63) is 205 Å². The van der Waals surface area contributed by atoms with Crippen LogP contribution in [-0.2, 0) is 5.41 Å². The predicted octanol–water partition coefficient (Wildman–Crippen LogP) is 16.4. The van der Waals surface area contributed by atoms with E-state index in [0.717, 1.165) is 23.2 Å². The summed E-state index contributed by atoms with van der Waals surface area (Å²) in [4.78, 5) is 5.10. The summed E-state index contributed by atoms with van der Waals surface area (Å²) in [5, 5.41) is 10.2. The molecular weight excluding hydrogens is 749 g/mol. The summed E-state index contributed by atoms with van der Waals surface area (Å²) in [7, 11) is 0. The molecule has 0 aromatic heterocycles. The number of hydrogen-bond donors (Lipinski definition) is 0. The highest BCUT2D eigenvalue weighted by atomic mass is 15.2. The van der Waals surface area contributed by atoms with Crippen molar-refractivity contribution in [1.82, 2.24) is 0 Å².